The second kappa shape index (κ2) is 6.23. The van der Waals surface area contributed by atoms with E-state index < -0.39 is 11.7 Å². The predicted molar refractivity (Wildman–Crippen MR) is 78.3 cm³/mol. The lowest BCUT2D eigenvalue weighted by Crippen LogP contribution is -2.48. The number of halogens is 3. The predicted octanol–water partition coefficient (Wildman–Crippen LogP) is 2.43. The summed E-state index contributed by atoms with van der Waals surface area (Å²) in [4.78, 5) is 18.0. The molecule has 6 nitrogen and oxygen atoms in total. The Bertz CT molecular complexity index is 721. The summed E-state index contributed by atoms with van der Waals surface area (Å²) >= 11 is 0. The average molecular weight is 340 g/mol. The normalized spacial score (nSPS) is 16.0. The van der Waals surface area contributed by atoms with E-state index in [9.17, 15) is 18.0 Å². The van der Waals surface area contributed by atoms with Gasteiger partial charge in [-0.15, -0.1) is 0 Å². The maximum atomic E-state index is 12.5. The lowest BCUT2D eigenvalue weighted by Gasteiger charge is -2.36. The van der Waals surface area contributed by atoms with Crippen molar-refractivity contribution in [2.24, 2.45) is 0 Å². The third kappa shape index (κ3) is 3.73. The number of nitrogens with one attached hydrogen (secondary N) is 1. The van der Waals surface area contributed by atoms with Crippen molar-refractivity contribution < 1.29 is 22.5 Å². The lowest BCUT2D eigenvalue weighted by molar-refractivity contribution is -0.137. The maximum absolute atomic E-state index is 12.5. The zero-order chi connectivity index (χ0) is 17.3. The molecule has 1 N–H and O–H groups in total. The zero-order valence-electron chi connectivity index (χ0n) is 12.8. The van der Waals surface area contributed by atoms with Gasteiger partial charge in [0.05, 0.1) is 18.0 Å². The van der Waals surface area contributed by atoms with Gasteiger partial charge in [-0.3, -0.25) is 9.69 Å². The van der Waals surface area contributed by atoms with Crippen LogP contribution in [0.3, 0.4) is 0 Å². The monoisotopic (exact) mass is 340 g/mol. The molecule has 0 bridgehead atoms. The minimum Gasteiger partial charge on any atom is -0.339 e. The molecule has 128 valence electrons. The van der Waals surface area contributed by atoms with E-state index in [-0.39, 0.29) is 18.4 Å². The van der Waals surface area contributed by atoms with Crippen molar-refractivity contribution in [2.75, 3.05) is 25.0 Å². The van der Waals surface area contributed by atoms with E-state index in [0.717, 1.165) is 12.1 Å². The number of nitrogens with zero attached hydrogens (tertiary/aromatic N) is 3. The fourth-order valence-corrected chi connectivity index (χ4v) is 2.48. The number of carbonyl (C=O) groups is 1. The first kappa shape index (κ1) is 16.4. The van der Waals surface area contributed by atoms with Crippen LogP contribution in [0.2, 0.25) is 0 Å². The van der Waals surface area contributed by atoms with E-state index in [4.69, 9.17) is 4.52 Å². The van der Waals surface area contributed by atoms with Crippen molar-refractivity contribution in [3.63, 3.8) is 0 Å². The van der Waals surface area contributed by atoms with Gasteiger partial charge in [0.1, 0.15) is 0 Å². The number of aromatic nitrogens is 2. The summed E-state index contributed by atoms with van der Waals surface area (Å²) < 4.78 is 42.5. The molecule has 2 aromatic rings. The molecule has 1 amide bonds. The van der Waals surface area contributed by atoms with Gasteiger partial charge in [0, 0.05) is 18.8 Å². The van der Waals surface area contributed by atoms with E-state index in [1.807, 2.05) is 4.90 Å². The third-order valence-electron chi connectivity index (χ3n) is 3.71. The van der Waals surface area contributed by atoms with Gasteiger partial charge in [-0.1, -0.05) is 5.16 Å². The Morgan fingerprint density at radius 1 is 1.33 bits per heavy atom. The highest BCUT2D eigenvalue weighted by atomic mass is 19.4. The lowest BCUT2D eigenvalue weighted by atomic mass is 10.0. The topological polar surface area (TPSA) is 71.3 Å². The van der Waals surface area contributed by atoms with Crippen LogP contribution in [0.15, 0.2) is 28.8 Å². The SMILES string of the molecule is Cc1noc(C2CN(CC(=O)Nc3ccc(C(F)(F)F)cc3)C2)n1. The Hall–Kier alpha value is -2.42. The van der Waals surface area contributed by atoms with Crippen molar-refractivity contribution in [3.05, 3.63) is 41.5 Å². The quantitative estimate of drug-likeness (QED) is 0.926. The smallest absolute Gasteiger partial charge is 0.339 e. The molecular formula is C15H15F3N4O2. The Balaban J connectivity index is 1.47. The highest BCUT2D eigenvalue weighted by Crippen LogP contribution is 2.30. The second-order valence-electron chi connectivity index (χ2n) is 5.69. The molecule has 1 aromatic heterocycles. The molecule has 0 saturated carbocycles. The highest BCUT2D eigenvalue weighted by Gasteiger charge is 2.33. The zero-order valence-corrected chi connectivity index (χ0v) is 12.8. The number of likely N-dealkylation sites (tertiary alicyclic amines) is 1. The number of amides is 1. The summed E-state index contributed by atoms with van der Waals surface area (Å²) in [5, 5.41) is 6.30. The van der Waals surface area contributed by atoms with Gasteiger partial charge in [-0.05, 0) is 31.2 Å². The molecule has 1 saturated heterocycles. The van der Waals surface area contributed by atoms with Crippen LogP contribution < -0.4 is 5.32 Å². The number of carbonyl (C=O) groups excluding carboxylic acids is 1. The van der Waals surface area contributed by atoms with Gasteiger partial charge in [-0.2, -0.15) is 18.2 Å². The molecule has 0 spiro atoms. The number of anilines is 1. The molecule has 1 aromatic carbocycles. The molecule has 1 aliphatic heterocycles. The third-order valence-corrected chi connectivity index (χ3v) is 3.71. The van der Waals surface area contributed by atoms with Crippen molar-refractivity contribution in [2.45, 2.75) is 19.0 Å². The fourth-order valence-electron chi connectivity index (χ4n) is 2.48. The van der Waals surface area contributed by atoms with Crippen LogP contribution in [-0.4, -0.2) is 40.6 Å². The molecule has 0 unspecified atom stereocenters. The first-order chi connectivity index (χ1) is 11.3. The number of hydrogen-bond acceptors (Lipinski definition) is 5. The Labute approximate surface area is 135 Å². The van der Waals surface area contributed by atoms with Gasteiger partial charge >= 0.3 is 6.18 Å². The van der Waals surface area contributed by atoms with E-state index in [1.54, 1.807) is 6.92 Å². The average Bonchev–Trinajstić information content (AvgIpc) is 2.88. The molecule has 0 radical (unpaired) electrons. The van der Waals surface area contributed by atoms with E-state index in [1.165, 1.54) is 12.1 Å². The Morgan fingerprint density at radius 2 is 2.00 bits per heavy atom. The number of benzene rings is 1. The summed E-state index contributed by atoms with van der Waals surface area (Å²) in [5.74, 6) is 0.968. The Morgan fingerprint density at radius 3 is 2.54 bits per heavy atom. The molecule has 1 aliphatic rings. The second-order valence-corrected chi connectivity index (χ2v) is 5.69. The minimum absolute atomic E-state index is 0.116. The van der Waals surface area contributed by atoms with E-state index >= 15 is 0 Å². The highest BCUT2D eigenvalue weighted by molar-refractivity contribution is 5.92. The van der Waals surface area contributed by atoms with Gasteiger partial charge in [-0.25, -0.2) is 0 Å². The van der Waals surface area contributed by atoms with Crippen LogP contribution in [-0.2, 0) is 11.0 Å². The molecule has 3 rings (SSSR count). The summed E-state index contributed by atoms with van der Waals surface area (Å²) in [6.45, 7) is 3.15. The maximum Gasteiger partial charge on any atom is 0.416 e. The molecular weight excluding hydrogens is 325 g/mol. The number of hydrogen-bond donors (Lipinski definition) is 1. The largest absolute Gasteiger partial charge is 0.416 e. The Kier molecular flexibility index (Phi) is 4.27. The van der Waals surface area contributed by atoms with Crippen LogP contribution in [0, 0.1) is 6.92 Å². The molecule has 0 aliphatic carbocycles. The summed E-state index contributed by atoms with van der Waals surface area (Å²) in [5.41, 5.74) is -0.418. The van der Waals surface area contributed by atoms with Crippen LogP contribution in [0.5, 0.6) is 0 Å². The van der Waals surface area contributed by atoms with Crippen LogP contribution >= 0.6 is 0 Å². The first-order valence-corrected chi connectivity index (χ1v) is 7.31. The van der Waals surface area contributed by atoms with Gasteiger partial charge in [0.15, 0.2) is 5.82 Å². The summed E-state index contributed by atoms with van der Waals surface area (Å²) in [7, 11) is 0. The summed E-state index contributed by atoms with van der Waals surface area (Å²) in [6, 6.07) is 4.35. The molecule has 0 atom stereocenters. The molecule has 24 heavy (non-hydrogen) atoms. The van der Waals surface area contributed by atoms with E-state index in [2.05, 4.69) is 15.5 Å². The standard InChI is InChI=1S/C15H15F3N4O2/c1-9-19-14(24-21-9)10-6-22(7-10)8-13(23)20-12-4-2-11(3-5-12)15(16,17)18/h2-5,10H,6-8H2,1H3,(H,20,23). The molecule has 9 heteroatoms. The number of rotatable bonds is 4. The van der Waals surface area contributed by atoms with Gasteiger partial charge in [0.2, 0.25) is 11.8 Å². The molecule has 1 fully saturated rings. The minimum atomic E-state index is -4.39. The van der Waals surface area contributed by atoms with Crippen LogP contribution in [0.25, 0.3) is 0 Å². The summed E-state index contributed by atoms with van der Waals surface area (Å²) in [6.07, 6.45) is -4.39. The fraction of sp³-hybridized carbons (Fsp3) is 0.400. The van der Waals surface area contributed by atoms with Crippen molar-refractivity contribution >= 4 is 11.6 Å². The van der Waals surface area contributed by atoms with Crippen molar-refractivity contribution in [1.82, 2.24) is 15.0 Å². The van der Waals surface area contributed by atoms with Crippen LogP contribution in [0.1, 0.15) is 23.2 Å². The van der Waals surface area contributed by atoms with Crippen molar-refractivity contribution in [1.29, 1.82) is 0 Å². The van der Waals surface area contributed by atoms with E-state index in [0.29, 0.717) is 30.5 Å². The number of aryl methyl sites for hydroxylation is 1. The van der Waals surface area contributed by atoms with Crippen LogP contribution in [0.4, 0.5) is 18.9 Å². The number of alkyl halides is 3. The molecule has 2 heterocycles. The van der Waals surface area contributed by atoms with Crippen molar-refractivity contribution in [3.8, 4) is 0 Å². The van der Waals surface area contributed by atoms with Gasteiger partial charge < -0.3 is 9.84 Å². The first-order valence-electron chi connectivity index (χ1n) is 7.31. The van der Waals surface area contributed by atoms with Gasteiger partial charge in [0.25, 0.3) is 0 Å².